The van der Waals surface area contributed by atoms with Crippen LogP contribution in [0, 0.1) is 0 Å². The van der Waals surface area contributed by atoms with Gasteiger partial charge in [-0.15, -0.1) is 0 Å². The summed E-state index contributed by atoms with van der Waals surface area (Å²) in [4.78, 5) is 14.2. The van der Waals surface area contributed by atoms with Gasteiger partial charge < -0.3 is 10.1 Å². The van der Waals surface area contributed by atoms with Crippen LogP contribution in [0.15, 0.2) is 29.3 Å². The lowest BCUT2D eigenvalue weighted by Gasteiger charge is -2.18. The number of halogens is 1. The molecule has 1 unspecified atom stereocenters. The van der Waals surface area contributed by atoms with Crippen molar-refractivity contribution >= 4 is 18.1 Å². The van der Waals surface area contributed by atoms with Crippen LogP contribution in [0.2, 0.25) is 0 Å². The summed E-state index contributed by atoms with van der Waals surface area (Å²) in [6.45, 7) is 0. The van der Waals surface area contributed by atoms with E-state index in [9.17, 15) is 9.18 Å². The van der Waals surface area contributed by atoms with Crippen molar-refractivity contribution in [2.45, 2.75) is 6.04 Å². The Morgan fingerprint density at radius 2 is 2.23 bits per heavy atom. The number of hydrogen-bond acceptors (Lipinski definition) is 3. The van der Waals surface area contributed by atoms with Crippen LogP contribution >= 0.6 is 0 Å². The van der Waals surface area contributed by atoms with Gasteiger partial charge in [0.15, 0.2) is 0 Å². The molecule has 0 saturated heterocycles. The average Bonchev–Trinajstić information content (AvgIpc) is 2.16. The molecule has 0 aromatic heterocycles. The summed E-state index contributed by atoms with van der Waals surface area (Å²) < 4.78 is 12.8. The van der Waals surface area contributed by atoms with Gasteiger partial charge in [0, 0.05) is 5.56 Å². The Morgan fingerprint density at radius 1 is 1.46 bits per heavy atom. The molecule has 3 nitrogen and oxygen atoms in total. The van der Waals surface area contributed by atoms with Crippen LogP contribution in [0.3, 0.4) is 0 Å². The number of para-hydroxylation sites is 1. The van der Waals surface area contributed by atoms with E-state index in [0.717, 1.165) is 0 Å². The topological polar surface area (TPSA) is 41.5 Å². The van der Waals surface area contributed by atoms with Crippen LogP contribution in [-0.2, 0) is 4.79 Å². The standard InChI is InChI=1S/C9H7FN2O/c10-9-11-7-4-2-1-3-6(7)8(5-13)12-9/h1-5,8H,(H,11,12). The molecule has 1 aromatic rings. The normalized spacial score (nSPS) is 19.8. The Labute approximate surface area is 74.3 Å². The molecule has 0 spiro atoms. The second-order valence-corrected chi connectivity index (χ2v) is 2.72. The van der Waals surface area contributed by atoms with Crippen LogP contribution in [-0.4, -0.2) is 12.4 Å². The average molecular weight is 178 g/mol. The number of benzene rings is 1. The van der Waals surface area contributed by atoms with Gasteiger partial charge in [0.2, 0.25) is 0 Å². The minimum Gasteiger partial charge on any atom is -0.332 e. The smallest absolute Gasteiger partial charge is 0.283 e. The summed E-state index contributed by atoms with van der Waals surface area (Å²) in [7, 11) is 0. The number of carbonyl (C=O) groups is 1. The van der Waals surface area contributed by atoms with Crippen molar-refractivity contribution in [2.24, 2.45) is 4.99 Å². The number of nitrogens with one attached hydrogen (secondary N) is 1. The molecule has 66 valence electrons. The molecule has 0 radical (unpaired) electrons. The number of aldehydes is 1. The van der Waals surface area contributed by atoms with E-state index in [-0.39, 0.29) is 0 Å². The van der Waals surface area contributed by atoms with Gasteiger partial charge in [-0.05, 0) is 6.07 Å². The third-order valence-electron chi connectivity index (χ3n) is 1.90. The zero-order chi connectivity index (χ0) is 9.26. The zero-order valence-electron chi connectivity index (χ0n) is 6.70. The molecule has 0 fully saturated rings. The molecule has 0 amide bonds. The fraction of sp³-hybridized carbons (Fsp3) is 0.111. The summed E-state index contributed by atoms with van der Waals surface area (Å²) in [5, 5.41) is 2.34. The van der Waals surface area contributed by atoms with Gasteiger partial charge in [0.1, 0.15) is 12.3 Å². The van der Waals surface area contributed by atoms with E-state index in [1.165, 1.54) is 0 Å². The Bertz CT molecular complexity index is 376. The highest BCUT2D eigenvalue weighted by Gasteiger charge is 2.20. The maximum atomic E-state index is 12.8. The SMILES string of the molecule is O=CC1NC(F)=Nc2ccccc21. The highest BCUT2D eigenvalue weighted by Crippen LogP contribution is 2.27. The van der Waals surface area contributed by atoms with E-state index >= 15 is 0 Å². The number of rotatable bonds is 1. The second kappa shape index (κ2) is 2.97. The molecule has 1 heterocycles. The van der Waals surface area contributed by atoms with Crippen molar-refractivity contribution in [3.63, 3.8) is 0 Å². The third-order valence-corrected chi connectivity index (χ3v) is 1.90. The number of hydrogen-bond donors (Lipinski definition) is 1. The molecular weight excluding hydrogens is 171 g/mol. The minimum atomic E-state index is -0.712. The van der Waals surface area contributed by atoms with Gasteiger partial charge >= 0.3 is 0 Å². The number of aliphatic imine (C=N–C) groups is 1. The lowest BCUT2D eigenvalue weighted by atomic mass is 10.1. The van der Waals surface area contributed by atoms with Crippen molar-refractivity contribution in [1.29, 1.82) is 0 Å². The molecule has 0 aliphatic carbocycles. The van der Waals surface area contributed by atoms with Crippen LogP contribution < -0.4 is 5.32 Å². The van der Waals surface area contributed by atoms with E-state index in [1.807, 2.05) is 0 Å². The molecule has 4 heteroatoms. The predicted octanol–water partition coefficient (Wildman–Crippen LogP) is 1.49. The first-order chi connectivity index (χ1) is 6.31. The van der Waals surface area contributed by atoms with Crippen LogP contribution in [0.25, 0.3) is 0 Å². The molecule has 0 bridgehead atoms. The van der Waals surface area contributed by atoms with Gasteiger partial charge in [-0.3, -0.25) is 0 Å². The Balaban J connectivity index is 2.54. The third kappa shape index (κ3) is 1.30. The monoisotopic (exact) mass is 178 g/mol. The molecule has 1 N–H and O–H groups in total. The Morgan fingerprint density at radius 3 is 3.00 bits per heavy atom. The summed E-state index contributed by atoms with van der Waals surface area (Å²) in [6, 6.07) is 6.34. The van der Waals surface area contributed by atoms with Crippen molar-refractivity contribution in [1.82, 2.24) is 5.32 Å². The molecule has 2 rings (SSSR count). The van der Waals surface area contributed by atoms with Gasteiger partial charge in [-0.2, -0.15) is 4.39 Å². The highest BCUT2D eigenvalue weighted by molar-refractivity contribution is 5.84. The zero-order valence-corrected chi connectivity index (χ0v) is 6.70. The number of fused-ring (bicyclic) bond motifs is 1. The maximum Gasteiger partial charge on any atom is 0.283 e. The highest BCUT2D eigenvalue weighted by atomic mass is 19.1. The first kappa shape index (κ1) is 7.91. The van der Waals surface area contributed by atoms with E-state index < -0.39 is 12.1 Å². The molecule has 1 aliphatic rings. The summed E-state index contributed by atoms with van der Waals surface area (Å²) in [5.41, 5.74) is 1.22. The molecule has 1 aliphatic heterocycles. The van der Waals surface area contributed by atoms with E-state index in [4.69, 9.17) is 0 Å². The second-order valence-electron chi connectivity index (χ2n) is 2.72. The predicted molar refractivity (Wildman–Crippen MR) is 46.6 cm³/mol. The van der Waals surface area contributed by atoms with Gasteiger partial charge in [0.05, 0.1) is 5.69 Å². The van der Waals surface area contributed by atoms with Crippen LogP contribution in [0.4, 0.5) is 10.1 Å². The van der Waals surface area contributed by atoms with Crippen molar-refractivity contribution in [3.8, 4) is 0 Å². The minimum absolute atomic E-state index is 0.510. The fourth-order valence-corrected chi connectivity index (χ4v) is 1.30. The Hall–Kier alpha value is -1.71. The first-order valence-electron chi connectivity index (χ1n) is 3.86. The number of carbonyl (C=O) groups excluding carboxylic acids is 1. The summed E-state index contributed by atoms with van der Waals surface area (Å²) in [5.74, 6) is 0. The first-order valence-corrected chi connectivity index (χ1v) is 3.86. The molecule has 13 heavy (non-hydrogen) atoms. The van der Waals surface area contributed by atoms with Crippen molar-refractivity contribution in [2.75, 3.05) is 0 Å². The molecule has 0 saturated carbocycles. The van der Waals surface area contributed by atoms with E-state index in [1.54, 1.807) is 24.3 Å². The lowest BCUT2D eigenvalue weighted by Crippen LogP contribution is -2.29. The molecule has 1 aromatic carbocycles. The Kier molecular flexibility index (Phi) is 1.81. The van der Waals surface area contributed by atoms with Gasteiger partial charge in [-0.1, -0.05) is 18.2 Å². The van der Waals surface area contributed by atoms with Gasteiger partial charge in [-0.25, -0.2) is 4.99 Å². The van der Waals surface area contributed by atoms with Crippen molar-refractivity contribution < 1.29 is 9.18 Å². The fourth-order valence-electron chi connectivity index (χ4n) is 1.30. The number of amidine groups is 1. The van der Waals surface area contributed by atoms with E-state index in [2.05, 4.69) is 10.3 Å². The quantitative estimate of drug-likeness (QED) is 0.522. The molecule has 1 atom stereocenters. The molecular formula is C9H7FN2O. The van der Waals surface area contributed by atoms with E-state index in [0.29, 0.717) is 17.5 Å². The van der Waals surface area contributed by atoms with Gasteiger partial charge in [0.25, 0.3) is 6.09 Å². The maximum absolute atomic E-state index is 12.8. The van der Waals surface area contributed by atoms with Crippen molar-refractivity contribution in [3.05, 3.63) is 29.8 Å². The summed E-state index contributed by atoms with van der Waals surface area (Å²) in [6.07, 6.45) is -0.0524. The number of nitrogens with zero attached hydrogens (tertiary/aromatic N) is 1. The summed E-state index contributed by atoms with van der Waals surface area (Å²) >= 11 is 0. The van der Waals surface area contributed by atoms with Crippen LogP contribution in [0.5, 0.6) is 0 Å². The largest absolute Gasteiger partial charge is 0.332 e. The lowest BCUT2D eigenvalue weighted by molar-refractivity contribution is -0.109. The van der Waals surface area contributed by atoms with Crippen LogP contribution in [0.1, 0.15) is 11.6 Å².